The first-order valence-electron chi connectivity index (χ1n) is 30.4. The second kappa shape index (κ2) is 63.1. The number of hydrogen-bond acceptors (Lipinski definition) is 5. The van der Waals surface area contributed by atoms with Gasteiger partial charge in [0.2, 0.25) is 0 Å². The van der Waals surface area contributed by atoms with Crippen LogP contribution in [-0.4, -0.2) is 36.4 Å². The van der Waals surface area contributed by atoms with E-state index in [9.17, 15) is 14.7 Å². The molecule has 0 fully saturated rings. The zero-order chi connectivity index (χ0) is 53.4. The summed E-state index contributed by atoms with van der Waals surface area (Å²) < 4.78 is 10.7. The Kier molecular flexibility index (Phi) is 59.5. The standard InChI is InChI=1S/C69H112O5/c1-3-5-7-9-11-13-15-17-19-21-23-25-26-27-28-29-30-31-32-33-34-35-36-37-38-39-40-41-42-44-46-48-50-52-54-56-58-60-62-64-69(72)74-67(65-70)66-73-68(71)63-61-59-57-55-53-51-49-47-45-43-24-22-20-18-16-14-12-10-8-6-4-2/h5-8,11-14,17-20,23-25,27-28,30-31,33-34,36-37,43,67,70H,3-4,9-10,15-16,21-22,26,29,32,35,38-42,44-66H2,1-2H3/b7-5-,8-6-,13-11-,14-12-,19-17-,20-18-,25-23-,28-27-,31-30-,34-33-,37-36-,43-24-. The molecule has 5 nitrogen and oxygen atoms in total. The quantitative estimate of drug-likeness (QED) is 0.0373. The topological polar surface area (TPSA) is 72.8 Å². The maximum Gasteiger partial charge on any atom is 0.306 e. The molecule has 1 unspecified atom stereocenters. The van der Waals surface area contributed by atoms with Gasteiger partial charge in [0.15, 0.2) is 6.10 Å². The Bertz CT molecular complexity index is 1580. The van der Waals surface area contributed by atoms with Crippen molar-refractivity contribution >= 4 is 11.9 Å². The minimum atomic E-state index is -0.786. The molecule has 0 bridgehead atoms. The summed E-state index contributed by atoms with van der Waals surface area (Å²) in [5, 5.41) is 9.67. The molecule has 0 aromatic carbocycles. The highest BCUT2D eigenvalue weighted by atomic mass is 16.6. The SMILES string of the molecule is CC/C=C\C/C=C\C/C=C\C/C=C\C/C=C\C/C=C\C/C=C\C/C=C\CCCCCCCCCCCCCCCCC(=O)OC(CO)COC(=O)CCCCCCCCCC/C=C\C/C=C\C/C=C\C/C=C\CC. The first kappa shape index (κ1) is 69.8. The molecule has 0 radical (unpaired) electrons. The highest BCUT2D eigenvalue weighted by Crippen LogP contribution is 2.15. The Labute approximate surface area is 457 Å². The molecule has 418 valence electrons. The van der Waals surface area contributed by atoms with Gasteiger partial charge in [-0.3, -0.25) is 9.59 Å². The third-order valence-electron chi connectivity index (χ3n) is 12.6. The van der Waals surface area contributed by atoms with E-state index in [-0.39, 0.29) is 25.2 Å². The van der Waals surface area contributed by atoms with Crippen LogP contribution in [0.4, 0.5) is 0 Å². The maximum absolute atomic E-state index is 12.3. The van der Waals surface area contributed by atoms with Gasteiger partial charge < -0.3 is 14.6 Å². The van der Waals surface area contributed by atoms with Gasteiger partial charge in [0.25, 0.3) is 0 Å². The molecule has 0 spiro atoms. The Morgan fingerprint density at radius 3 is 0.811 bits per heavy atom. The van der Waals surface area contributed by atoms with E-state index in [2.05, 4.69) is 160 Å². The lowest BCUT2D eigenvalue weighted by atomic mass is 10.0. The summed E-state index contributed by atoms with van der Waals surface area (Å²) in [4.78, 5) is 24.6. The van der Waals surface area contributed by atoms with Gasteiger partial charge in [-0.1, -0.05) is 275 Å². The van der Waals surface area contributed by atoms with Crippen molar-refractivity contribution in [2.45, 2.75) is 264 Å². The molecule has 0 aromatic heterocycles. The highest BCUT2D eigenvalue weighted by molar-refractivity contribution is 5.70. The smallest absolute Gasteiger partial charge is 0.306 e. The van der Waals surface area contributed by atoms with Crippen molar-refractivity contribution in [3.63, 3.8) is 0 Å². The van der Waals surface area contributed by atoms with E-state index in [1.165, 1.54) is 109 Å². The van der Waals surface area contributed by atoms with Crippen molar-refractivity contribution in [1.29, 1.82) is 0 Å². The zero-order valence-corrected chi connectivity index (χ0v) is 47.8. The van der Waals surface area contributed by atoms with Crippen LogP contribution in [-0.2, 0) is 19.1 Å². The summed E-state index contributed by atoms with van der Waals surface area (Å²) in [6.45, 7) is 3.91. The van der Waals surface area contributed by atoms with Gasteiger partial charge in [-0.05, 0) is 116 Å². The van der Waals surface area contributed by atoms with Crippen molar-refractivity contribution in [2.75, 3.05) is 13.2 Å². The first-order chi connectivity index (χ1) is 36.6. The number of carbonyl (C=O) groups is 2. The lowest BCUT2D eigenvalue weighted by Gasteiger charge is -2.15. The van der Waals surface area contributed by atoms with E-state index in [0.29, 0.717) is 12.8 Å². The number of hydrogen-bond donors (Lipinski definition) is 1. The molecule has 0 saturated heterocycles. The van der Waals surface area contributed by atoms with E-state index in [1.54, 1.807) is 0 Å². The number of rotatable bonds is 54. The maximum atomic E-state index is 12.3. The molecule has 5 heteroatoms. The molecule has 1 N–H and O–H groups in total. The molecule has 0 aliphatic carbocycles. The predicted molar refractivity (Wildman–Crippen MR) is 324 cm³/mol. The average Bonchev–Trinajstić information content (AvgIpc) is 3.40. The number of aliphatic hydroxyl groups is 1. The third kappa shape index (κ3) is 60.3. The second-order valence-corrected chi connectivity index (χ2v) is 19.7. The van der Waals surface area contributed by atoms with Gasteiger partial charge in [0.05, 0.1) is 6.61 Å². The summed E-state index contributed by atoms with van der Waals surface area (Å²) in [5.41, 5.74) is 0. The summed E-state index contributed by atoms with van der Waals surface area (Å²) in [6.07, 6.45) is 95.4. The Balaban J connectivity index is 3.54. The minimum absolute atomic E-state index is 0.0768. The van der Waals surface area contributed by atoms with Gasteiger partial charge in [-0.2, -0.15) is 0 Å². The zero-order valence-electron chi connectivity index (χ0n) is 47.8. The van der Waals surface area contributed by atoms with Crippen molar-refractivity contribution in [3.8, 4) is 0 Å². The Hall–Kier alpha value is -4.22. The summed E-state index contributed by atoms with van der Waals surface area (Å²) >= 11 is 0. The number of esters is 2. The van der Waals surface area contributed by atoms with Crippen molar-refractivity contribution < 1.29 is 24.2 Å². The van der Waals surface area contributed by atoms with Crippen molar-refractivity contribution in [3.05, 3.63) is 146 Å². The normalized spacial score (nSPS) is 13.3. The summed E-state index contributed by atoms with van der Waals surface area (Å²) in [7, 11) is 0. The second-order valence-electron chi connectivity index (χ2n) is 19.7. The largest absolute Gasteiger partial charge is 0.462 e. The molecule has 0 amide bonds. The van der Waals surface area contributed by atoms with Gasteiger partial charge in [0, 0.05) is 12.8 Å². The van der Waals surface area contributed by atoms with Crippen LogP contribution in [0.5, 0.6) is 0 Å². The minimum Gasteiger partial charge on any atom is -0.462 e. The molecule has 0 saturated carbocycles. The molecular formula is C69H112O5. The van der Waals surface area contributed by atoms with E-state index in [0.717, 1.165) is 122 Å². The summed E-state index contributed by atoms with van der Waals surface area (Å²) in [6, 6.07) is 0. The molecular weight excluding hydrogens is 909 g/mol. The molecule has 0 aliphatic heterocycles. The van der Waals surface area contributed by atoms with E-state index in [4.69, 9.17) is 9.47 Å². The molecule has 0 aliphatic rings. The van der Waals surface area contributed by atoms with Gasteiger partial charge in [-0.25, -0.2) is 0 Å². The Morgan fingerprint density at radius 2 is 0.541 bits per heavy atom. The van der Waals surface area contributed by atoms with E-state index in [1.807, 2.05) is 0 Å². The van der Waals surface area contributed by atoms with Crippen LogP contribution in [0.25, 0.3) is 0 Å². The Morgan fingerprint density at radius 1 is 0.311 bits per heavy atom. The fraction of sp³-hybridized carbons (Fsp3) is 0.623. The van der Waals surface area contributed by atoms with Crippen LogP contribution in [0, 0.1) is 0 Å². The lowest BCUT2D eigenvalue weighted by Crippen LogP contribution is -2.28. The molecule has 0 heterocycles. The predicted octanol–water partition coefficient (Wildman–Crippen LogP) is 21.0. The van der Waals surface area contributed by atoms with Crippen LogP contribution in [0.3, 0.4) is 0 Å². The van der Waals surface area contributed by atoms with Gasteiger partial charge in [0.1, 0.15) is 6.61 Å². The fourth-order valence-corrected chi connectivity index (χ4v) is 8.15. The first-order valence-corrected chi connectivity index (χ1v) is 30.4. The average molecular weight is 1020 g/mol. The van der Waals surface area contributed by atoms with Crippen LogP contribution in [0.2, 0.25) is 0 Å². The third-order valence-corrected chi connectivity index (χ3v) is 12.6. The number of carbonyl (C=O) groups excluding carboxylic acids is 2. The molecule has 1 atom stereocenters. The van der Waals surface area contributed by atoms with Crippen LogP contribution >= 0.6 is 0 Å². The molecule has 74 heavy (non-hydrogen) atoms. The lowest BCUT2D eigenvalue weighted by molar-refractivity contribution is -0.161. The number of unbranched alkanes of at least 4 members (excludes halogenated alkanes) is 22. The van der Waals surface area contributed by atoms with Crippen molar-refractivity contribution in [1.82, 2.24) is 0 Å². The number of ether oxygens (including phenoxy) is 2. The highest BCUT2D eigenvalue weighted by Gasteiger charge is 2.16. The molecule has 0 rings (SSSR count). The van der Waals surface area contributed by atoms with Crippen LogP contribution in [0.15, 0.2) is 146 Å². The number of aliphatic hydroxyl groups excluding tert-OH is 1. The van der Waals surface area contributed by atoms with Crippen LogP contribution in [0.1, 0.15) is 258 Å². The van der Waals surface area contributed by atoms with Gasteiger partial charge in [-0.15, -0.1) is 0 Å². The monoisotopic (exact) mass is 1020 g/mol. The molecule has 0 aromatic rings. The van der Waals surface area contributed by atoms with E-state index >= 15 is 0 Å². The summed E-state index contributed by atoms with van der Waals surface area (Å²) in [5.74, 6) is -0.604. The van der Waals surface area contributed by atoms with E-state index < -0.39 is 6.10 Å². The van der Waals surface area contributed by atoms with Crippen LogP contribution < -0.4 is 0 Å². The van der Waals surface area contributed by atoms with Crippen molar-refractivity contribution in [2.24, 2.45) is 0 Å². The fourth-order valence-electron chi connectivity index (χ4n) is 8.15. The van der Waals surface area contributed by atoms with Gasteiger partial charge >= 0.3 is 11.9 Å². The number of allylic oxidation sites excluding steroid dienone is 24.